The standard InChI is InChI=1S/C18H20ClN3O2/c1-24-18-4-6-21-10-15(18)14-7-13(22-11-16(14)19)8-17(23)12-3-2-5-20-9-12/h4,6-7,10-12,20H,2-3,5,8-9H2,1H3/t12-/m1/s1. The Morgan fingerprint density at radius 2 is 2.29 bits per heavy atom. The normalized spacial score (nSPS) is 17.5. The lowest BCUT2D eigenvalue weighted by atomic mass is 9.92. The van der Waals surface area contributed by atoms with Gasteiger partial charge in [0.15, 0.2) is 0 Å². The number of halogens is 1. The number of aromatic nitrogens is 2. The Hall–Kier alpha value is -1.98. The average molecular weight is 346 g/mol. The van der Waals surface area contributed by atoms with Gasteiger partial charge in [-0.1, -0.05) is 11.6 Å². The first-order chi connectivity index (χ1) is 11.7. The first-order valence-corrected chi connectivity index (χ1v) is 8.43. The molecule has 1 aliphatic heterocycles. The van der Waals surface area contributed by atoms with Crippen LogP contribution in [0.25, 0.3) is 11.1 Å². The molecule has 0 aliphatic carbocycles. The largest absolute Gasteiger partial charge is 0.496 e. The van der Waals surface area contributed by atoms with E-state index in [0.29, 0.717) is 17.2 Å². The minimum absolute atomic E-state index is 0.0765. The van der Waals surface area contributed by atoms with E-state index in [2.05, 4.69) is 15.3 Å². The lowest BCUT2D eigenvalue weighted by Gasteiger charge is -2.21. The van der Waals surface area contributed by atoms with Gasteiger partial charge in [-0.25, -0.2) is 0 Å². The fraction of sp³-hybridized carbons (Fsp3) is 0.389. The monoisotopic (exact) mass is 345 g/mol. The number of hydrogen-bond acceptors (Lipinski definition) is 5. The molecule has 24 heavy (non-hydrogen) atoms. The van der Waals surface area contributed by atoms with Crippen molar-refractivity contribution in [1.82, 2.24) is 15.3 Å². The number of rotatable bonds is 5. The van der Waals surface area contributed by atoms with Gasteiger partial charge in [-0.05, 0) is 31.5 Å². The van der Waals surface area contributed by atoms with E-state index < -0.39 is 0 Å². The highest BCUT2D eigenvalue weighted by atomic mass is 35.5. The molecule has 3 heterocycles. The van der Waals surface area contributed by atoms with Crippen molar-refractivity contribution in [3.63, 3.8) is 0 Å². The molecule has 6 heteroatoms. The number of carbonyl (C=O) groups is 1. The molecular formula is C18H20ClN3O2. The second kappa shape index (κ2) is 7.73. The van der Waals surface area contributed by atoms with Gasteiger partial charge in [-0.3, -0.25) is 14.8 Å². The predicted molar refractivity (Wildman–Crippen MR) is 93.3 cm³/mol. The lowest BCUT2D eigenvalue weighted by molar-refractivity contribution is -0.122. The Morgan fingerprint density at radius 3 is 3.04 bits per heavy atom. The van der Waals surface area contributed by atoms with E-state index >= 15 is 0 Å². The highest BCUT2D eigenvalue weighted by molar-refractivity contribution is 6.33. The predicted octanol–water partition coefficient (Wildman–Crippen LogP) is 2.92. The van der Waals surface area contributed by atoms with Crippen molar-refractivity contribution in [2.45, 2.75) is 19.3 Å². The van der Waals surface area contributed by atoms with Gasteiger partial charge in [0, 0.05) is 54.3 Å². The van der Waals surface area contributed by atoms with Gasteiger partial charge < -0.3 is 10.1 Å². The van der Waals surface area contributed by atoms with Crippen molar-refractivity contribution in [2.75, 3.05) is 20.2 Å². The maximum absolute atomic E-state index is 12.5. The zero-order valence-electron chi connectivity index (χ0n) is 13.6. The molecule has 0 spiro atoms. The molecule has 0 amide bonds. The first-order valence-electron chi connectivity index (χ1n) is 8.05. The molecule has 1 saturated heterocycles. The Kier molecular flexibility index (Phi) is 5.43. The first kappa shape index (κ1) is 16.9. The molecule has 1 atom stereocenters. The van der Waals surface area contributed by atoms with Crippen LogP contribution in [0.3, 0.4) is 0 Å². The van der Waals surface area contributed by atoms with Crippen LogP contribution in [0.15, 0.2) is 30.7 Å². The number of ketones is 1. The number of carbonyl (C=O) groups excluding carboxylic acids is 1. The van der Waals surface area contributed by atoms with E-state index in [1.54, 1.807) is 31.8 Å². The molecule has 2 aromatic rings. The van der Waals surface area contributed by atoms with Gasteiger partial charge in [-0.15, -0.1) is 0 Å². The van der Waals surface area contributed by atoms with Crippen molar-refractivity contribution >= 4 is 17.4 Å². The van der Waals surface area contributed by atoms with E-state index in [4.69, 9.17) is 16.3 Å². The molecule has 0 radical (unpaired) electrons. The Balaban J connectivity index is 1.85. The van der Waals surface area contributed by atoms with Crippen LogP contribution in [0.1, 0.15) is 18.5 Å². The fourth-order valence-corrected chi connectivity index (χ4v) is 3.20. The van der Waals surface area contributed by atoms with Crippen LogP contribution >= 0.6 is 11.6 Å². The number of pyridine rings is 2. The average Bonchev–Trinajstić information content (AvgIpc) is 2.64. The second-order valence-corrected chi connectivity index (χ2v) is 6.33. The molecule has 126 valence electrons. The van der Waals surface area contributed by atoms with Crippen LogP contribution < -0.4 is 10.1 Å². The Morgan fingerprint density at radius 1 is 1.42 bits per heavy atom. The zero-order chi connectivity index (χ0) is 16.9. The van der Waals surface area contributed by atoms with E-state index in [1.165, 1.54) is 0 Å². The van der Waals surface area contributed by atoms with Crippen molar-refractivity contribution in [2.24, 2.45) is 5.92 Å². The van der Waals surface area contributed by atoms with Crippen molar-refractivity contribution in [3.8, 4) is 16.9 Å². The molecule has 1 N–H and O–H groups in total. The van der Waals surface area contributed by atoms with Crippen molar-refractivity contribution in [3.05, 3.63) is 41.4 Å². The third-order valence-electron chi connectivity index (χ3n) is 4.31. The maximum Gasteiger partial charge on any atom is 0.143 e. The van der Waals surface area contributed by atoms with Crippen LogP contribution in [-0.4, -0.2) is 36.0 Å². The fourth-order valence-electron chi connectivity index (χ4n) is 3.00. The Labute approximate surface area is 146 Å². The third kappa shape index (κ3) is 3.74. The number of nitrogens with one attached hydrogen (secondary N) is 1. The summed E-state index contributed by atoms with van der Waals surface area (Å²) in [4.78, 5) is 20.9. The van der Waals surface area contributed by atoms with Crippen LogP contribution in [0.2, 0.25) is 5.02 Å². The lowest BCUT2D eigenvalue weighted by Crippen LogP contribution is -2.35. The molecule has 1 aliphatic rings. The number of ether oxygens (including phenoxy) is 1. The van der Waals surface area contributed by atoms with Gasteiger partial charge in [-0.2, -0.15) is 0 Å². The maximum atomic E-state index is 12.5. The topological polar surface area (TPSA) is 64.1 Å². The summed E-state index contributed by atoms with van der Waals surface area (Å²) in [6, 6.07) is 3.64. The van der Waals surface area contributed by atoms with Gasteiger partial charge in [0.2, 0.25) is 0 Å². The summed E-state index contributed by atoms with van der Waals surface area (Å²) in [6.07, 6.45) is 7.27. The molecule has 0 saturated carbocycles. The number of piperidine rings is 1. The quantitative estimate of drug-likeness (QED) is 0.902. The third-order valence-corrected chi connectivity index (χ3v) is 4.61. The minimum atomic E-state index is 0.0765. The highest BCUT2D eigenvalue weighted by Gasteiger charge is 2.22. The van der Waals surface area contributed by atoms with Crippen LogP contribution in [-0.2, 0) is 11.2 Å². The minimum Gasteiger partial charge on any atom is -0.496 e. The summed E-state index contributed by atoms with van der Waals surface area (Å²) < 4.78 is 5.38. The molecule has 1 fully saturated rings. The van der Waals surface area contributed by atoms with Crippen LogP contribution in [0.5, 0.6) is 5.75 Å². The summed E-state index contributed by atoms with van der Waals surface area (Å²) in [5, 5.41) is 3.79. The van der Waals surface area contributed by atoms with E-state index in [0.717, 1.165) is 42.8 Å². The molecule has 0 bridgehead atoms. The molecule has 0 aromatic carbocycles. The number of methoxy groups -OCH3 is 1. The smallest absolute Gasteiger partial charge is 0.143 e. The summed E-state index contributed by atoms with van der Waals surface area (Å²) in [5.41, 5.74) is 2.29. The van der Waals surface area contributed by atoms with Gasteiger partial charge >= 0.3 is 0 Å². The molecular weight excluding hydrogens is 326 g/mol. The van der Waals surface area contributed by atoms with Crippen molar-refractivity contribution in [1.29, 1.82) is 0 Å². The van der Waals surface area contributed by atoms with Gasteiger partial charge in [0.25, 0.3) is 0 Å². The second-order valence-electron chi connectivity index (χ2n) is 5.92. The van der Waals surface area contributed by atoms with Crippen LogP contribution in [0.4, 0.5) is 0 Å². The van der Waals surface area contributed by atoms with E-state index in [1.807, 2.05) is 6.07 Å². The number of hydrogen-bond donors (Lipinski definition) is 1. The summed E-state index contributed by atoms with van der Waals surface area (Å²) >= 11 is 6.30. The summed E-state index contributed by atoms with van der Waals surface area (Å²) in [5.74, 6) is 0.987. The van der Waals surface area contributed by atoms with Gasteiger partial charge in [0.05, 0.1) is 12.1 Å². The summed E-state index contributed by atoms with van der Waals surface area (Å²) in [7, 11) is 1.61. The Bertz CT molecular complexity index is 730. The van der Waals surface area contributed by atoms with Crippen molar-refractivity contribution < 1.29 is 9.53 Å². The molecule has 2 aromatic heterocycles. The van der Waals surface area contributed by atoms with Crippen LogP contribution in [0, 0.1) is 5.92 Å². The summed E-state index contributed by atoms with van der Waals surface area (Å²) in [6.45, 7) is 1.75. The number of nitrogens with zero attached hydrogens (tertiary/aromatic N) is 2. The van der Waals surface area contributed by atoms with E-state index in [-0.39, 0.29) is 11.7 Å². The highest BCUT2D eigenvalue weighted by Crippen LogP contribution is 2.34. The van der Waals surface area contributed by atoms with Gasteiger partial charge in [0.1, 0.15) is 11.5 Å². The SMILES string of the molecule is COc1ccncc1-c1cc(CC(=O)[C@@H]2CCCNC2)ncc1Cl. The van der Waals surface area contributed by atoms with E-state index in [9.17, 15) is 4.79 Å². The molecule has 0 unspecified atom stereocenters. The molecule has 5 nitrogen and oxygen atoms in total. The molecule has 3 rings (SSSR count). The zero-order valence-corrected chi connectivity index (χ0v) is 14.3. The number of Topliss-reactive ketones (excluding diaryl/α,β-unsaturated/α-hetero) is 1.